The fourth-order valence-corrected chi connectivity index (χ4v) is 3.60. The van der Waals surface area contributed by atoms with Gasteiger partial charge in [-0.05, 0) is 36.2 Å². The third-order valence-electron chi connectivity index (χ3n) is 4.92. The summed E-state index contributed by atoms with van der Waals surface area (Å²) in [7, 11) is 0. The molecule has 134 valence electrons. The zero-order chi connectivity index (χ0) is 17.9. The van der Waals surface area contributed by atoms with Gasteiger partial charge in [-0.2, -0.15) is 0 Å². The van der Waals surface area contributed by atoms with E-state index in [1.165, 1.54) is 17.2 Å². The maximum Gasteiger partial charge on any atom is 0.189 e. The van der Waals surface area contributed by atoms with Gasteiger partial charge in [0.1, 0.15) is 5.82 Å². The first-order valence-electron chi connectivity index (χ1n) is 9.01. The SMILES string of the molecule is O=c1cc(CNCCCN2Cc3ccccc3C2)[nH]c2c(F)cccc12. The van der Waals surface area contributed by atoms with Gasteiger partial charge >= 0.3 is 0 Å². The molecule has 1 aliphatic heterocycles. The lowest BCUT2D eigenvalue weighted by Crippen LogP contribution is -2.23. The molecule has 26 heavy (non-hydrogen) atoms. The fraction of sp³-hybridized carbons (Fsp3) is 0.286. The summed E-state index contributed by atoms with van der Waals surface area (Å²) in [5.74, 6) is -0.393. The molecule has 0 bridgehead atoms. The number of benzene rings is 2. The first-order valence-corrected chi connectivity index (χ1v) is 9.01. The van der Waals surface area contributed by atoms with Gasteiger partial charge in [-0.3, -0.25) is 9.69 Å². The minimum atomic E-state index is -0.393. The number of rotatable bonds is 6. The maximum atomic E-state index is 13.9. The van der Waals surface area contributed by atoms with Crippen LogP contribution in [0.2, 0.25) is 0 Å². The molecule has 4 nitrogen and oxygen atoms in total. The van der Waals surface area contributed by atoms with Gasteiger partial charge in [-0.1, -0.05) is 30.3 Å². The number of fused-ring (bicyclic) bond motifs is 2. The molecule has 0 unspecified atom stereocenters. The summed E-state index contributed by atoms with van der Waals surface area (Å²) in [4.78, 5) is 17.6. The highest BCUT2D eigenvalue weighted by molar-refractivity contribution is 5.78. The lowest BCUT2D eigenvalue weighted by Gasteiger charge is -2.14. The van der Waals surface area contributed by atoms with Crippen molar-refractivity contribution in [2.24, 2.45) is 0 Å². The Hall–Kier alpha value is -2.50. The van der Waals surface area contributed by atoms with Crippen molar-refractivity contribution >= 4 is 10.9 Å². The Morgan fingerprint density at radius 2 is 1.85 bits per heavy atom. The average molecular weight is 351 g/mol. The zero-order valence-electron chi connectivity index (χ0n) is 14.6. The lowest BCUT2D eigenvalue weighted by atomic mass is 10.1. The third-order valence-corrected chi connectivity index (χ3v) is 4.92. The van der Waals surface area contributed by atoms with E-state index in [0.717, 1.165) is 32.6 Å². The number of aromatic amines is 1. The normalized spacial score (nSPS) is 14.0. The van der Waals surface area contributed by atoms with Crippen LogP contribution in [0.15, 0.2) is 53.3 Å². The van der Waals surface area contributed by atoms with Crippen LogP contribution >= 0.6 is 0 Å². The van der Waals surface area contributed by atoms with Gasteiger partial charge in [-0.15, -0.1) is 0 Å². The Morgan fingerprint density at radius 1 is 1.08 bits per heavy atom. The summed E-state index contributed by atoms with van der Waals surface area (Å²) in [5.41, 5.74) is 3.70. The molecule has 0 radical (unpaired) electrons. The minimum Gasteiger partial charge on any atom is -0.355 e. The lowest BCUT2D eigenvalue weighted by molar-refractivity contribution is 0.278. The van der Waals surface area contributed by atoms with Crippen molar-refractivity contribution in [1.82, 2.24) is 15.2 Å². The quantitative estimate of drug-likeness (QED) is 0.671. The number of H-pyrrole nitrogens is 1. The molecule has 0 saturated heterocycles. The second kappa shape index (κ2) is 7.40. The molecule has 1 aliphatic rings. The first-order chi connectivity index (χ1) is 12.7. The molecule has 0 fully saturated rings. The number of aromatic nitrogens is 1. The van der Waals surface area contributed by atoms with Crippen LogP contribution in [0.3, 0.4) is 0 Å². The highest BCUT2D eigenvalue weighted by Crippen LogP contribution is 2.21. The van der Waals surface area contributed by atoms with Crippen LogP contribution < -0.4 is 10.7 Å². The molecule has 0 atom stereocenters. The summed E-state index contributed by atoms with van der Waals surface area (Å²) in [6, 6.07) is 14.7. The summed E-state index contributed by atoms with van der Waals surface area (Å²) >= 11 is 0. The Balaban J connectivity index is 1.27. The number of hydrogen-bond acceptors (Lipinski definition) is 3. The molecule has 0 amide bonds. The molecule has 2 heterocycles. The number of hydrogen-bond donors (Lipinski definition) is 2. The minimum absolute atomic E-state index is 0.148. The van der Waals surface area contributed by atoms with E-state index in [0.29, 0.717) is 17.6 Å². The van der Waals surface area contributed by atoms with E-state index in [-0.39, 0.29) is 10.9 Å². The van der Waals surface area contributed by atoms with Gasteiger partial charge in [0.05, 0.1) is 5.52 Å². The predicted molar refractivity (Wildman–Crippen MR) is 101 cm³/mol. The standard InChI is InChI=1S/C21H22FN3O/c22-19-8-3-7-18-20(26)11-17(24-21(18)19)12-23-9-4-10-25-13-15-5-1-2-6-16(15)14-25/h1-3,5-8,11,23H,4,9-10,12-14H2,(H,24,26). The number of para-hydroxylation sites is 1. The largest absolute Gasteiger partial charge is 0.355 e. The molecule has 2 N–H and O–H groups in total. The van der Waals surface area contributed by atoms with Crippen molar-refractivity contribution in [3.8, 4) is 0 Å². The van der Waals surface area contributed by atoms with E-state index in [9.17, 15) is 9.18 Å². The number of pyridine rings is 1. The second-order valence-electron chi connectivity index (χ2n) is 6.83. The van der Waals surface area contributed by atoms with Crippen LogP contribution in [0.25, 0.3) is 10.9 Å². The van der Waals surface area contributed by atoms with Crippen molar-refractivity contribution in [3.63, 3.8) is 0 Å². The van der Waals surface area contributed by atoms with Crippen molar-refractivity contribution in [2.45, 2.75) is 26.1 Å². The second-order valence-corrected chi connectivity index (χ2v) is 6.83. The molecule has 0 spiro atoms. The molecule has 0 saturated carbocycles. The van der Waals surface area contributed by atoms with Crippen molar-refractivity contribution in [1.29, 1.82) is 0 Å². The summed E-state index contributed by atoms with van der Waals surface area (Å²) in [6.45, 7) is 4.45. The Morgan fingerprint density at radius 3 is 2.62 bits per heavy atom. The molecule has 4 rings (SSSR count). The van der Waals surface area contributed by atoms with Gasteiger partial charge in [0, 0.05) is 43.3 Å². The Labute approximate surface area is 151 Å². The fourth-order valence-electron chi connectivity index (χ4n) is 3.60. The van der Waals surface area contributed by atoms with E-state index in [4.69, 9.17) is 0 Å². The van der Waals surface area contributed by atoms with Crippen molar-refractivity contribution < 1.29 is 4.39 Å². The number of nitrogens with one attached hydrogen (secondary N) is 2. The van der Waals surface area contributed by atoms with Crippen molar-refractivity contribution in [3.05, 3.63) is 81.4 Å². The average Bonchev–Trinajstić information content (AvgIpc) is 3.05. The smallest absolute Gasteiger partial charge is 0.189 e. The van der Waals surface area contributed by atoms with E-state index < -0.39 is 5.82 Å². The monoisotopic (exact) mass is 351 g/mol. The molecule has 0 aliphatic carbocycles. The van der Waals surface area contributed by atoms with Gasteiger partial charge in [0.15, 0.2) is 5.43 Å². The van der Waals surface area contributed by atoms with E-state index in [2.05, 4.69) is 39.5 Å². The van der Waals surface area contributed by atoms with Gasteiger partial charge in [0.2, 0.25) is 0 Å². The highest BCUT2D eigenvalue weighted by atomic mass is 19.1. The summed E-state index contributed by atoms with van der Waals surface area (Å²) in [5, 5.41) is 3.73. The summed E-state index contributed by atoms with van der Waals surface area (Å²) < 4.78 is 13.9. The molecule has 1 aromatic heterocycles. The van der Waals surface area contributed by atoms with Crippen LogP contribution in [0.5, 0.6) is 0 Å². The molecule has 2 aromatic carbocycles. The van der Waals surface area contributed by atoms with Crippen LogP contribution in [-0.2, 0) is 19.6 Å². The van der Waals surface area contributed by atoms with Crippen LogP contribution in [-0.4, -0.2) is 23.0 Å². The topological polar surface area (TPSA) is 48.1 Å². The zero-order valence-corrected chi connectivity index (χ0v) is 14.6. The van der Waals surface area contributed by atoms with E-state index in [1.807, 2.05) is 0 Å². The van der Waals surface area contributed by atoms with Gasteiger partial charge in [-0.25, -0.2) is 4.39 Å². The molecule has 3 aromatic rings. The molecular weight excluding hydrogens is 329 g/mol. The molecular formula is C21H22FN3O. The molecule has 5 heteroatoms. The van der Waals surface area contributed by atoms with E-state index in [1.54, 1.807) is 18.2 Å². The third kappa shape index (κ3) is 3.54. The van der Waals surface area contributed by atoms with E-state index >= 15 is 0 Å². The van der Waals surface area contributed by atoms with Crippen LogP contribution in [0.4, 0.5) is 4.39 Å². The van der Waals surface area contributed by atoms with Crippen LogP contribution in [0, 0.1) is 5.82 Å². The van der Waals surface area contributed by atoms with Gasteiger partial charge < -0.3 is 10.3 Å². The maximum absolute atomic E-state index is 13.9. The van der Waals surface area contributed by atoms with Crippen LogP contribution in [0.1, 0.15) is 23.2 Å². The Bertz CT molecular complexity index is 957. The summed E-state index contributed by atoms with van der Waals surface area (Å²) in [6.07, 6.45) is 1.03. The predicted octanol–water partition coefficient (Wildman–Crippen LogP) is 3.16. The number of halogens is 1. The highest BCUT2D eigenvalue weighted by Gasteiger charge is 2.17. The number of nitrogens with zero attached hydrogens (tertiary/aromatic N) is 1. The Kier molecular flexibility index (Phi) is 4.82. The van der Waals surface area contributed by atoms with Gasteiger partial charge in [0.25, 0.3) is 0 Å². The first kappa shape index (κ1) is 16.9. The van der Waals surface area contributed by atoms with Crippen molar-refractivity contribution in [2.75, 3.05) is 13.1 Å².